The molecule has 0 radical (unpaired) electrons. The lowest BCUT2D eigenvalue weighted by Crippen LogP contribution is -2.47. The van der Waals surface area contributed by atoms with E-state index in [2.05, 4.69) is 34.1 Å². The number of anilines is 1. The normalized spacial score (nSPS) is 31.0. The minimum atomic E-state index is -4.51. The molecular formula is C24H33F4N5. The van der Waals surface area contributed by atoms with Gasteiger partial charge >= 0.3 is 6.18 Å². The fourth-order valence-electron chi connectivity index (χ4n) is 4.95. The van der Waals surface area contributed by atoms with Crippen LogP contribution in [0.5, 0.6) is 0 Å². The maximum atomic E-state index is 14.7. The lowest BCUT2D eigenvalue weighted by molar-refractivity contribution is -0.0970. The number of hydrazine groups is 1. The first-order valence-corrected chi connectivity index (χ1v) is 11.6. The summed E-state index contributed by atoms with van der Waals surface area (Å²) in [5.41, 5.74) is 7.52. The van der Waals surface area contributed by atoms with E-state index < -0.39 is 24.0 Å². The van der Waals surface area contributed by atoms with E-state index in [1.165, 1.54) is 0 Å². The summed E-state index contributed by atoms with van der Waals surface area (Å²) < 4.78 is 55.6. The van der Waals surface area contributed by atoms with Gasteiger partial charge in [-0.1, -0.05) is 30.9 Å². The molecule has 4 N–H and O–H groups in total. The van der Waals surface area contributed by atoms with Crippen LogP contribution in [0.4, 0.5) is 23.2 Å². The second-order valence-corrected chi connectivity index (χ2v) is 9.34. The Bertz CT molecular complexity index is 865. The minimum Gasteiger partial charge on any atom is -0.379 e. The molecule has 2 saturated heterocycles. The predicted octanol–water partition coefficient (Wildman–Crippen LogP) is 3.63. The molecule has 4 rings (SSSR count). The van der Waals surface area contributed by atoms with Crippen LogP contribution in [0.3, 0.4) is 0 Å². The van der Waals surface area contributed by atoms with Gasteiger partial charge in [0.2, 0.25) is 0 Å². The molecule has 0 aromatic heterocycles. The predicted molar refractivity (Wildman–Crippen MR) is 123 cm³/mol. The number of piperidine rings is 1. The van der Waals surface area contributed by atoms with E-state index in [0.717, 1.165) is 30.8 Å². The summed E-state index contributed by atoms with van der Waals surface area (Å²) in [4.78, 5) is 1.95. The number of benzene rings is 1. The second kappa shape index (κ2) is 10.1. The first kappa shape index (κ1) is 24.2. The fourth-order valence-corrected chi connectivity index (χ4v) is 4.95. The number of likely N-dealkylation sites (tertiary alicyclic amines) is 1. The van der Waals surface area contributed by atoms with Gasteiger partial charge in [-0.25, -0.2) is 4.39 Å². The van der Waals surface area contributed by atoms with E-state index in [-0.39, 0.29) is 18.1 Å². The monoisotopic (exact) mass is 467 g/mol. The zero-order valence-corrected chi connectivity index (χ0v) is 18.9. The standard InChI is InChI=1S/C24H33F4N5/c1-15(24(26,27)28)23-18-7-4-8-21(31-22-10-12-33(2)14-20(22)25)19(18)13-17(30-23)6-3-5-16-9-11-29-32-16/h3-5,7-8,16-17,20,22-23,29-32H,1,6,9-14H2,2H3/b5-3+/t16?,17?,20-,22+,23?/m0/s1. The van der Waals surface area contributed by atoms with Crippen molar-refractivity contribution in [2.75, 3.05) is 32.0 Å². The molecule has 33 heavy (non-hydrogen) atoms. The third-order valence-corrected chi connectivity index (χ3v) is 6.83. The summed E-state index contributed by atoms with van der Waals surface area (Å²) in [6.45, 7) is 5.39. The molecule has 1 aromatic rings. The first-order chi connectivity index (χ1) is 15.7. The average Bonchev–Trinajstić information content (AvgIpc) is 3.28. The number of halogens is 4. The third-order valence-electron chi connectivity index (χ3n) is 6.83. The Balaban J connectivity index is 1.57. The van der Waals surface area contributed by atoms with Crippen LogP contribution in [-0.2, 0) is 6.42 Å². The molecule has 9 heteroatoms. The highest BCUT2D eigenvalue weighted by Crippen LogP contribution is 2.41. The number of alkyl halides is 4. The van der Waals surface area contributed by atoms with Gasteiger partial charge in [-0.05, 0) is 49.9 Å². The van der Waals surface area contributed by atoms with Crippen molar-refractivity contribution < 1.29 is 17.6 Å². The van der Waals surface area contributed by atoms with Crippen LogP contribution in [0.1, 0.15) is 36.4 Å². The van der Waals surface area contributed by atoms with Crippen LogP contribution in [0.25, 0.3) is 0 Å². The van der Waals surface area contributed by atoms with Crippen LogP contribution in [-0.4, -0.2) is 62.1 Å². The summed E-state index contributed by atoms with van der Waals surface area (Å²) >= 11 is 0. The second-order valence-electron chi connectivity index (χ2n) is 9.34. The summed E-state index contributed by atoms with van der Waals surface area (Å²) in [6.07, 6.45) is 1.30. The van der Waals surface area contributed by atoms with Crippen molar-refractivity contribution in [2.24, 2.45) is 0 Å². The van der Waals surface area contributed by atoms with Gasteiger partial charge in [0.25, 0.3) is 0 Å². The maximum absolute atomic E-state index is 14.7. The van der Waals surface area contributed by atoms with Crippen LogP contribution in [0.2, 0.25) is 0 Å². The lowest BCUT2D eigenvalue weighted by atomic mass is 9.84. The van der Waals surface area contributed by atoms with Gasteiger partial charge in [0.1, 0.15) is 6.17 Å². The van der Waals surface area contributed by atoms with Crippen molar-refractivity contribution in [1.29, 1.82) is 0 Å². The van der Waals surface area contributed by atoms with Gasteiger partial charge < -0.3 is 15.5 Å². The Morgan fingerprint density at radius 3 is 2.82 bits per heavy atom. The van der Waals surface area contributed by atoms with Crippen LogP contribution >= 0.6 is 0 Å². The highest BCUT2D eigenvalue weighted by Gasteiger charge is 2.41. The summed E-state index contributed by atoms with van der Waals surface area (Å²) in [5, 5.41) is 6.49. The van der Waals surface area contributed by atoms with E-state index in [0.29, 0.717) is 31.4 Å². The number of rotatable bonds is 6. The minimum absolute atomic E-state index is 0.186. The molecule has 3 heterocycles. The third kappa shape index (κ3) is 5.77. The zero-order chi connectivity index (χ0) is 23.6. The lowest BCUT2D eigenvalue weighted by Gasteiger charge is -2.38. The number of fused-ring (bicyclic) bond motifs is 1. The highest BCUT2D eigenvalue weighted by atomic mass is 19.4. The van der Waals surface area contributed by atoms with Gasteiger partial charge in [-0.3, -0.25) is 10.9 Å². The summed E-state index contributed by atoms with van der Waals surface area (Å²) in [6, 6.07) is 3.96. The molecule has 0 saturated carbocycles. The molecule has 1 aromatic carbocycles. The number of nitrogens with one attached hydrogen (secondary N) is 4. The Hall–Kier alpha value is -1.94. The van der Waals surface area contributed by atoms with Gasteiger partial charge in [0.05, 0.1) is 12.1 Å². The van der Waals surface area contributed by atoms with Crippen molar-refractivity contribution in [2.45, 2.75) is 62.2 Å². The molecule has 3 unspecified atom stereocenters. The Morgan fingerprint density at radius 1 is 1.30 bits per heavy atom. The van der Waals surface area contributed by atoms with E-state index >= 15 is 0 Å². The highest BCUT2D eigenvalue weighted by molar-refractivity contribution is 5.59. The Labute approximate surface area is 192 Å². The summed E-state index contributed by atoms with van der Waals surface area (Å²) in [7, 11) is 1.89. The molecule has 0 amide bonds. The molecule has 0 bridgehead atoms. The smallest absolute Gasteiger partial charge is 0.379 e. The molecule has 182 valence electrons. The Morgan fingerprint density at radius 2 is 2.12 bits per heavy atom. The molecule has 3 aliphatic heterocycles. The van der Waals surface area contributed by atoms with Crippen LogP contribution < -0.4 is 21.5 Å². The first-order valence-electron chi connectivity index (χ1n) is 11.6. The molecule has 2 fully saturated rings. The molecule has 3 aliphatic rings. The van der Waals surface area contributed by atoms with Gasteiger partial charge in [-0.15, -0.1) is 0 Å². The number of nitrogens with zero attached hydrogens (tertiary/aromatic N) is 1. The van der Waals surface area contributed by atoms with E-state index in [4.69, 9.17) is 0 Å². The summed E-state index contributed by atoms with van der Waals surface area (Å²) in [5.74, 6) is 0. The molecule has 5 atom stereocenters. The quantitative estimate of drug-likeness (QED) is 0.380. The topological polar surface area (TPSA) is 51.4 Å². The number of hydrogen-bond donors (Lipinski definition) is 4. The fraction of sp³-hybridized carbons (Fsp3) is 0.583. The van der Waals surface area contributed by atoms with Crippen LogP contribution in [0.15, 0.2) is 42.5 Å². The Kier molecular flexibility index (Phi) is 7.43. The molecular weight excluding hydrogens is 434 g/mol. The molecule has 5 nitrogen and oxygen atoms in total. The molecule has 0 aliphatic carbocycles. The van der Waals surface area contributed by atoms with E-state index in [9.17, 15) is 17.6 Å². The van der Waals surface area contributed by atoms with Crippen LogP contribution in [0, 0.1) is 0 Å². The van der Waals surface area contributed by atoms with Crippen molar-refractivity contribution >= 4 is 5.69 Å². The molecule has 0 spiro atoms. The van der Waals surface area contributed by atoms with Crippen molar-refractivity contribution in [3.63, 3.8) is 0 Å². The largest absolute Gasteiger partial charge is 0.413 e. The van der Waals surface area contributed by atoms with E-state index in [1.807, 2.05) is 24.1 Å². The van der Waals surface area contributed by atoms with Gasteiger partial charge in [0.15, 0.2) is 0 Å². The average molecular weight is 468 g/mol. The number of hydrogen-bond acceptors (Lipinski definition) is 5. The van der Waals surface area contributed by atoms with E-state index in [1.54, 1.807) is 12.1 Å². The van der Waals surface area contributed by atoms with Crippen molar-refractivity contribution in [3.8, 4) is 0 Å². The van der Waals surface area contributed by atoms with Crippen molar-refractivity contribution in [3.05, 3.63) is 53.6 Å². The zero-order valence-electron chi connectivity index (χ0n) is 18.9. The SMILES string of the molecule is C=C(C1NC(C/C=C/C2CCNN2)Cc2c(N[C@@H]3CCN(C)C[C@@H]3F)cccc21)C(F)(F)F. The van der Waals surface area contributed by atoms with Gasteiger partial charge in [0, 0.05) is 43.0 Å². The van der Waals surface area contributed by atoms with Crippen molar-refractivity contribution in [1.82, 2.24) is 21.1 Å². The van der Waals surface area contributed by atoms with Gasteiger partial charge in [-0.2, -0.15) is 13.2 Å². The maximum Gasteiger partial charge on any atom is 0.413 e.